The Kier molecular flexibility index (Phi) is 4.23. The van der Waals surface area contributed by atoms with Crippen LogP contribution in [0.5, 0.6) is 0 Å². The molecule has 1 saturated heterocycles. The molecule has 1 saturated carbocycles. The number of hydrogen-bond donors (Lipinski definition) is 2. The summed E-state index contributed by atoms with van der Waals surface area (Å²) in [6.45, 7) is 5.22. The van der Waals surface area contributed by atoms with Crippen molar-refractivity contribution in [2.24, 2.45) is 22.1 Å². The van der Waals surface area contributed by atoms with E-state index >= 15 is 0 Å². The highest BCUT2D eigenvalue weighted by atomic mass is 32.2. The van der Waals surface area contributed by atoms with Gasteiger partial charge in [0.25, 0.3) is 0 Å². The summed E-state index contributed by atoms with van der Waals surface area (Å²) in [5.74, 6) is 4.13. The van der Waals surface area contributed by atoms with Gasteiger partial charge in [-0.1, -0.05) is 6.92 Å². The number of rotatable bonds is 4. The van der Waals surface area contributed by atoms with E-state index in [4.69, 9.17) is 5.73 Å². The van der Waals surface area contributed by atoms with E-state index in [-0.39, 0.29) is 0 Å². The summed E-state index contributed by atoms with van der Waals surface area (Å²) >= 11 is 2.10. The Morgan fingerprint density at radius 1 is 1.53 bits per heavy atom. The van der Waals surface area contributed by atoms with E-state index < -0.39 is 0 Å². The number of nitrogens with two attached hydrogens (primary N) is 1. The van der Waals surface area contributed by atoms with Crippen LogP contribution in [-0.4, -0.2) is 30.1 Å². The third-order valence-electron chi connectivity index (χ3n) is 4.34. The van der Waals surface area contributed by atoms with Gasteiger partial charge in [0.2, 0.25) is 0 Å². The minimum Gasteiger partial charge on any atom is -0.370 e. The number of nitrogens with one attached hydrogen (secondary N) is 1. The quantitative estimate of drug-likeness (QED) is 0.598. The highest BCUT2D eigenvalue weighted by Crippen LogP contribution is 2.60. The number of hydrogen-bond acceptors (Lipinski definition) is 2. The van der Waals surface area contributed by atoms with E-state index in [0.717, 1.165) is 18.9 Å². The Morgan fingerprint density at radius 2 is 2.24 bits per heavy atom. The van der Waals surface area contributed by atoms with E-state index in [1.54, 1.807) is 0 Å². The summed E-state index contributed by atoms with van der Waals surface area (Å²) in [5.41, 5.74) is 6.54. The first-order valence-electron chi connectivity index (χ1n) is 6.80. The molecule has 1 aliphatic heterocycles. The van der Waals surface area contributed by atoms with E-state index in [1.165, 1.54) is 30.8 Å². The Bertz CT molecular complexity index is 284. The summed E-state index contributed by atoms with van der Waals surface area (Å²) in [4.78, 5) is 4.50. The molecule has 1 heterocycles. The van der Waals surface area contributed by atoms with Crippen molar-refractivity contribution in [2.75, 3.05) is 18.1 Å². The lowest BCUT2D eigenvalue weighted by Crippen LogP contribution is -2.38. The Hall–Kier alpha value is -0.380. The fourth-order valence-corrected chi connectivity index (χ4v) is 3.99. The molecule has 0 radical (unpaired) electrons. The van der Waals surface area contributed by atoms with Gasteiger partial charge >= 0.3 is 0 Å². The fourth-order valence-electron chi connectivity index (χ4n) is 2.69. The smallest absolute Gasteiger partial charge is 0.188 e. The predicted octanol–water partition coefficient (Wildman–Crippen LogP) is 2.22. The maximum Gasteiger partial charge on any atom is 0.188 e. The topological polar surface area (TPSA) is 50.4 Å². The van der Waals surface area contributed by atoms with Crippen molar-refractivity contribution in [3.63, 3.8) is 0 Å². The van der Waals surface area contributed by atoms with Crippen molar-refractivity contribution in [3.05, 3.63) is 0 Å². The van der Waals surface area contributed by atoms with Gasteiger partial charge in [0.1, 0.15) is 0 Å². The second-order valence-electron chi connectivity index (χ2n) is 5.56. The Balaban J connectivity index is 1.74. The Morgan fingerprint density at radius 3 is 2.88 bits per heavy atom. The van der Waals surface area contributed by atoms with Gasteiger partial charge in [-0.25, -0.2) is 0 Å². The molecule has 2 unspecified atom stereocenters. The number of nitrogens with zero attached hydrogens (tertiary/aromatic N) is 1. The molecule has 3 nitrogen and oxygen atoms in total. The lowest BCUT2D eigenvalue weighted by molar-refractivity contribution is 0.422. The van der Waals surface area contributed by atoms with Crippen molar-refractivity contribution < 1.29 is 0 Å². The molecule has 2 atom stereocenters. The number of aliphatic imine (C=N–C) groups is 1. The standard InChI is InChI=1S/C13H25N3S/c1-3-10(2)16-12(14)15-9-11-8-13(11)4-6-17-7-5-13/h10-11H,3-9H2,1-2H3,(H3,14,15,16). The molecular weight excluding hydrogens is 230 g/mol. The van der Waals surface area contributed by atoms with Gasteiger partial charge in [-0.3, -0.25) is 4.99 Å². The number of guanidine groups is 1. The summed E-state index contributed by atoms with van der Waals surface area (Å²) < 4.78 is 0. The SMILES string of the molecule is CCC(C)NC(N)=NCC1CC12CCSCC2. The third kappa shape index (κ3) is 3.30. The second-order valence-corrected chi connectivity index (χ2v) is 6.78. The van der Waals surface area contributed by atoms with Crippen LogP contribution < -0.4 is 11.1 Å². The van der Waals surface area contributed by atoms with E-state index in [2.05, 4.69) is 35.9 Å². The first-order valence-corrected chi connectivity index (χ1v) is 7.96. The zero-order valence-corrected chi connectivity index (χ0v) is 11.9. The third-order valence-corrected chi connectivity index (χ3v) is 5.32. The van der Waals surface area contributed by atoms with Crippen molar-refractivity contribution >= 4 is 17.7 Å². The van der Waals surface area contributed by atoms with Crippen molar-refractivity contribution in [1.29, 1.82) is 0 Å². The molecule has 4 heteroatoms. The maximum atomic E-state index is 5.88. The van der Waals surface area contributed by atoms with Gasteiger partial charge in [-0.2, -0.15) is 11.8 Å². The van der Waals surface area contributed by atoms with Gasteiger partial charge in [-0.05, 0) is 55.4 Å². The van der Waals surface area contributed by atoms with Crippen molar-refractivity contribution in [3.8, 4) is 0 Å². The van der Waals surface area contributed by atoms with Gasteiger partial charge in [0, 0.05) is 12.6 Å². The normalized spacial score (nSPS) is 29.1. The van der Waals surface area contributed by atoms with E-state index in [0.29, 0.717) is 17.4 Å². The van der Waals surface area contributed by atoms with Crippen molar-refractivity contribution in [1.82, 2.24) is 5.32 Å². The molecule has 0 aromatic rings. The molecule has 3 N–H and O–H groups in total. The average Bonchev–Trinajstić information content (AvgIpc) is 3.00. The predicted molar refractivity (Wildman–Crippen MR) is 76.5 cm³/mol. The molecule has 0 aromatic heterocycles. The molecule has 2 fully saturated rings. The van der Waals surface area contributed by atoms with Crippen LogP contribution >= 0.6 is 11.8 Å². The van der Waals surface area contributed by atoms with Crippen molar-refractivity contribution in [2.45, 2.75) is 45.6 Å². The lowest BCUT2D eigenvalue weighted by atomic mass is 9.96. The van der Waals surface area contributed by atoms with Crippen LogP contribution in [0.25, 0.3) is 0 Å². The zero-order valence-electron chi connectivity index (χ0n) is 11.0. The molecular formula is C13H25N3S. The van der Waals surface area contributed by atoms with Crippen LogP contribution in [0, 0.1) is 11.3 Å². The van der Waals surface area contributed by atoms with Crippen LogP contribution in [0.2, 0.25) is 0 Å². The number of thioether (sulfide) groups is 1. The largest absolute Gasteiger partial charge is 0.370 e. The zero-order chi connectivity index (χ0) is 12.3. The van der Waals surface area contributed by atoms with E-state index in [9.17, 15) is 0 Å². The monoisotopic (exact) mass is 255 g/mol. The van der Waals surface area contributed by atoms with Gasteiger partial charge in [0.15, 0.2) is 5.96 Å². The van der Waals surface area contributed by atoms with Crippen LogP contribution in [0.4, 0.5) is 0 Å². The van der Waals surface area contributed by atoms with Gasteiger partial charge < -0.3 is 11.1 Å². The molecule has 2 aliphatic rings. The van der Waals surface area contributed by atoms with Crippen LogP contribution in [0.3, 0.4) is 0 Å². The highest BCUT2D eigenvalue weighted by Gasteiger charge is 2.53. The van der Waals surface area contributed by atoms with Crippen LogP contribution in [-0.2, 0) is 0 Å². The summed E-state index contributed by atoms with van der Waals surface area (Å²) in [6.07, 6.45) is 5.27. The second kappa shape index (κ2) is 5.51. The summed E-state index contributed by atoms with van der Waals surface area (Å²) in [6, 6.07) is 0.429. The first-order chi connectivity index (χ1) is 8.16. The van der Waals surface area contributed by atoms with Crippen LogP contribution in [0.15, 0.2) is 4.99 Å². The molecule has 1 spiro atoms. The highest BCUT2D eigenvalue weighted by molar-refractivity contribution is 7.99. The Labute approximate surface area is 109 Å². The molecule has 98 valence electrons. The van der Waals surface area contributed by atoms with Gasteiger partial charge in [0.05, 0.1) is 0 Å². The molecule has 0 aromatic carbocycles. The average molecular weight is 255 g/mol. The lowest BCUT2D eigenvalue weighted by Gasteiger charge is -2.21. The first kappa shape index (κ1) is 13.1. The molecule has 0 amide bonds. The summed E-state index contributed by atoms with van der Waals surface area (Å²) in [5, 5.41) is 3.23. The molecule has 0 bridgehead atoms. The minimum atomic E-state index is 0.429. The summed E-state index contributed by atoms with van der Waals surface area (Å²) in [7, 11) is 0. The van der Waals surface area contributed by atoms with E-state index in [1.807, 2.05) is 0 Å². The molecule has 17 heavy (non-hydrogen) atoms. The molecule has 2 rings (SSSR count). The fraction of sp³-hybridized carbons (Fsp3) is 0.923. The maximum absolute atomic E-state index is 5.88. The van der Waals surface area contributed by atoms with Crippen LogP contribution in [0.1, 0.15) is 39.5 Å². The minimum absolute atomic E-state index is 0.429. The molecule has 1 aliphatic carbocycles. The van der Waals surface area contributed by atoms with Gasteiger partial charge in [-0.15, -0.1) is 0 Å².